The van der Waals surface area contributed by atoms with E-state index in [1.54, 1.807) is 12.4 Å². The number of aliphatic imine (C=N–C) groups is 2. The van der Waals surface area contributed by atoms with Crippen LogP contribution in [0.5, 0.6) is 0 Å². The number of thiazole rings is 1. The van der Waals surface area contributed by atoms with E-state index >= 15 is 0 Å². The first-order chi connectivity index (χ1) is 17.2. The van der Waals surface area contributed by atoms with Gasteiger partial charge in [0.05, 0.1) is 12.7 Å². The Kier molecular flexibility index (Phi) is 7.54. The number of rotatable bonds is 8. The number of pyridine rings is 1. The van der Waals surface area contributed by atoms with E-state index in [-0.39, 0.29) is 0 Å². The van der Waals surface area contributed by atoms with Crippen molar-refractivity contribution in [2.24, 2.45) is 9.98 Å². The van der Waals surface area contributed by atoms with Crippen LogP contribution in [-0.2, 0) is 17.9 Å². The normalized spacial score (nSPS) is 20.0. The van der Waals surface area contributed by atoms with Crippen LogP contribution in [0.15, 0.2) is 52.6 Å². The van der Waals surface area contributed by atoms with Gasteiger partial charge in [0.25, 0.3) is 0 Å². The molecule has 1 fully saturated rings. The Labute approximate surface area is 209 Å². The molecular formula is C26H29N7OS. The van der Waals surface area contributed by atoms with E-state index in [9.17, 15) is 5.26 Å². The van der Waals surface area contributed by atoms with Crippen LogP contribution in [0.1, 0.15) is 35.4 Å². The molecule has 2 aliphatic heterocycles. The van der Waals surface area contributed by atoms with Crippen LogP contribution in [0, 0.1) is 11.3 Å². The highest BCUT2D eigenvalue weighted by atomic mass is 32.1. The molecule has 180 valence electrons. The predicted molar refractivity (Wildman–Crippen MR) is 139 cm³/mol. The summed E-state index contributed by atoms with van der Waals surface area (Å²) in [7, 11) is 0. The van der Waals surface area contributed by atoms with Gasteiger partial charge in [-0.15, -0.1) is 0 Å². The first kappa shape index (κ1) is 23.7. The molecule has 2 aliphatic rings. The van der Waals surface area contributed by atoms with Crippen molar-refractivity contribution < 1.29 is 4.74 Å². The standard InChI is InChI=1S/C26H29N7OS/c1-2-32-11-13-33(14-12-32)17-19-5-3-6-20(15-19)18-34-26-29-10-8-22(31-26)21(16-27)24-30-23-7-4-9-28-25(23)35-24/h3-7,9-10,15,21,26H,2,8,11-14,17-18H2,1H3. The van der Waals surface area contributed by atoms with Gasteiger partial charge in [-0.3, -0.25) is 4.90 Å². The fourth-order valence-electron chi connectivity index (χ4n) is 4.43. The van der Waals surface area contributed by atoms with E-state index in [2.05, 4.69) is 67.0 Å². The Hall–Kier alpha value is -3.03. The van der Waals surface area contributed by atoms with Gasteiger partial charge in [0.2, 0.25) is 6.35 Å². The smallest absolute Gasteiger partial charge is 0.245 e. The summed E-state index contributed by atoms with van der Waals surface area (Å²) in [6, 6.07) is 14.7. The molecule has 9 heteroatoms. The van der Waals surface area contributed by atoms with E-state index < -0.39 is 12.3 Å². The lowest BCUT2D eigenvalue weighted by Crippen LogP contribution is -2.45. The van der Waals surface area contributed by atoms with E-state index in [1.807, 2.05) is 12.1 Å². The van der Waals surface area contributed by atoms with Crippen LogP contribution in [0.25, 0.3) is 10.3 Å². The molecule has 5 rings (SSSR count). The Morgan fingerprint density at radius 2 is 1.97 bits per heavy atom. The second-order valence-electron chi connectivity index (χ2n) is 8.77. The molecule has 0 radical (unpaired) electrons. The number of aromatic nitrogens is 2. The number of benzene rings is 1. The van der Waals surface area contributed by atoms with Crippen molar-refractivity contribution in [3.63, 3.8) is 0 Å². The molecule has 3 aromatic rings. The maximum atomic E-state index is 9.87. The van der Waals surface area contributed by atoms with Crippen molar-refractivity contribution in [1.29, 1.82) is 5.26 Å². The molecule has 8 nitrogen and oxygen atoms in total. The van der Waals surface area contributed by atoms with Crippen LogP contribution < -0.4 is 0 Å². The number of likely N-dealkylation sites (N-methyl/N-ethyl adjacent to an activating group) is 1. The summed E-state index contributed by atoms with van der Waals surface area (Å²) in [6.45, 7) is 9.20. The van der Waals surface area contributed by atoms with E-state index in [1.165, 1.54) is 16.9 Å². The summed E-state index contributed by atoms with van der Waals surface area (Å²) in [4.78, 5) is 23.8. The molecule has 0 saturated carbocycles. The van der Waals surface area contributed by atoms with Gasteiger partial charge < -0.3 is 9.64 Å². The van der Waals surface area contributed by atoms with E-state index in [0.29, 0.717) is 18.0 Å². The van der Waals surface area contributed by atoms with E-state index in [4.69, 9.17) is 4.74 Å². The second-order valence-corrected chi connectivity index (χ2v) is 9.77. The van der Waals surface area contributed by atoms with Gasteiger partial charge in [0.1, 0.15) is 21.3 Å². The minimum atomic E-state index is -0.645. The molecule has 2 unspecified atom stereocenters. The van der Waals surface area contributed by atoms with Crippen LogP contribution in [0.3, 0.4) is 0 Å². The molecule has 4 heterocycles. The maximum Gasteiger partial charge on any atom is 0.245 e. The lowest BCUT2D eigenvalue weighted by molar-refractivity contribution is 0.0521. The summed E-state index contributed by atoms with van der Waals surface area (Å²) in [5, 5.41) is 10.6. The Balaban J connectivity index is 1.21. The third-order valence-corrected chi connectivity index (χ3v) is 7.45. The van der Waals surface area contributed by atoms with Gasteiger partial charge in [-0.05, 0) is 29.8 Å². The molecule has 1 aromatic carbocycles. The average Bonchev–Trinajstić information content (AvgIpc) is 3.33. The van der Waals surface area contributed by atoms with Gasteiger partial charge in [-0.2, -0.15) is 5.26 Å². The average molecular weight is 488 g/mol. The molecule has 0 amide bonds. The SMILES string of the molecule is CCN1CCN(Cc2cccc(COC3N=CCC(C(C#N)c4nc5cccnc5s4)=N3)c2)CC1. The van der Waals surface area contributed by atoms with Gasteiger partial charge >= 0.3 is 0 Å². The highest BCUT2D eigenvalue weighted by Crippen LogP contribution is 2.28. The first-order valence-electron chi connectivity index (χ1n) is 12.0. The second kappa shape index (κ2) is 11.1. The van der Waals surface area contributed by atoms with E-state index in [0.717, 1.165) is 60.9 Å². The molecular weight excluding hydrogens is 458 g/mol. The number of piperazine rings is 1. The summed E-state index contributed by atoms with van der Waals surface area (Å²) in [5.74, 6) is -0.524. The third-order valence-electron chi connectivity index (χ3n) is 6.41. The van der Waals surface area contributed by atoms with Gasteiger partial charge in [-0.25, -0.2) is 20.0 Å². The van der Waals surface area contributed by atoms with Crippen molar-refractivity contribution in [2.75, 3.05) is 32.7 Å². The topological polar surface area (TPSA) is 90.0 Å². The number of nitrogens with zero attached hydrogens (tertiary/aromatic N) is 7. The van der Waals surface area contributed by atoms with Crippen LogP contribution in [0.2, 0.25) is 0 Å². The van der Waals surface area contributed by atoms with Crippen molar-refractivity contribution >= 4 is 33.6 Å². The zero-order chi connectivity index (χ0) is 24.0. The number of fused-ring (bicyclic) bond motifs is 1. The van der Waals surface area contributed by atoms with Gasteiger partial charge in [0, 0.05) is 57.3 Å². The lowest BCUT2D eigenvalue weighted by Gasteiger charge is -2.34. The van der Waals surface area contributed by atoms with Crippen LogP contribution in [-0.4, -0.2) is 70.8 Å². The highest BCUT2D eigenvalue weighted by molar-refractivity contribution is 7.18. The number of nitriles is 1. The fraction of sp³-hybridized carbons (Fsp3) is 0.423. The Morgan fingerprint density at radius 1 is 1.14 bits per heavy atom. The molecule has 0 spiro atoms. The van der Waals surface area contributed by atoms with Gasteiger partial charge in [-0.1, -0.05) is 42.5 Å². The molecule has 2 aromatic heterocycles. The highest BCUT2D eigenvalue weighted by Gasteiger charge is 2.25. The number of hydrogen-bond acceptors (Lipinski definition) is 9. The summed E-state index contributed by atoms with van der Waals surface area (Å²) < 4.78 is 6.02. The van der Waals surface area contributed by atoms with Crippen molar-refractivity contribution in [2.45, 2.75) is 38.8 Å². The third kappa shape index (κ3) is 5.80. The maximum absolute atomic E-state index is 9.87. The minimum Gasteiger partial charge on any atom is -0.333 e. The molecule has 35 heavy (non-hydrogen) atoms. The molecule has 1 saturated heterocycles. The van der Waals surface area contributed by atoms with Crippen molar-refractivity contribution in [1.82, 2.24) is 19.8 Å². The monoisotopic (exact) mass is 487 g/mol. The van der Waals surface area contributed by atoms with Crippen LogP contribution in [0.4, 0.5) is 0 Å². The summed E-state index contributed by atoms with van der Waals surface area (Å²) in [6.07, 6.45) is 3.40. The molecule has 0 bridgehead atoms. The lowest BCUT2D eigenvalue weighted by atomic mass is 10.0. The molecule has 2 atom stereocenters. The van der Waals surface area contributed by atoms with Crippen molar-refractivity contribution in [3.8, 4) is 6.07 Å². The molecule has 0 N–H and O–H groups in total. The quantitative estimate of drug-likeness (QED) is 0.479. The predicted octanol–water partition coefficient (Wildman–Crippen LogP) is 3.85. The Morgan fingerprint density at radius 3 is 2.77 bits per heavy atom. The zero-order valence-corrected chi connectivity index (χ0v) is 20.7. The first-order valence-corrected chi connectivity index (χ1v) is 12.9. The Bertz CT molecular complexity index is 1220. The fourth-order valence-corrected chi connectivity index (χ4v) is 5.41. The largest absolute Gasteiger partial charge is 0.333 e. The number of ether oxygens (including phenoxy) is 1. The summed E-state index contributed by atoms with van der Waals surface area (Å²) >= 11 is 1.43. The van der Waals surface area contributed by atoms with Gasteiger partial charge in [0.15, 0.2) is 0 Å². The van der Waals surface area contributed by atoms with Crippen molar-refractivity contribution in [3.05, 3.63) is 58.7 Å². The number of hydrogen-bond donors (Lipinski definition) is 0. The molecule has 0 aliphatic carbocycles. The summed E-state index contributed by atoms with van der Waals surface area (Å²) in [5.41, 5.74) is 3.92. The van der Waals surface area contributed by atoms with Crippen LogP contribution >= 0.6 is 11.3 Å². The zero-order valence-electron chi connectivity index (χ0n) is 19.9. The minimum absolute atomic E-state index is 0.415.